The van der Waals surface area contributed by atoms with Crippen LogP contribution in [0.4, 0.5) is 18.9 Å². The summed E-state index contributed by atoms with van der Waals surface area (Å²) in [5.74, 6) is -0.182. The van der Waals surface area contributed by atoms with Gasteiger partial charge in [0.25, 0.3) is 0 Å². The van der Waals surface area contributed by atoms with Crippen LogP contribution < -0.4 is 11.1 Å². The number of hydrogen-bond donors (Lipinski definition) is 2. The van der Waals surface area contributed by atoms with Crippen molar-refractivity contribution in [1.82, 2.24) is 0 Å². The second kappa shape index (κ2) is 10.9. The zero-order valence-corrected chi connectivity index (χ0v) is 18.4. The van der Waals surface area contributed by atoms with E-state index < -0.39 is 17.8 Å². The van der Waals surface area contributed by atoms with Crippen LogP contribution in [0, 0.1) is 11.3 Å². The third-order valence-electron chi connectivity index (χ3n) is 4.72. The first-order chi connectivity index (χ1) is 13.7. The van der Waals surface area contributed by atoms with Gasteiger partial charge in [0.05, 0.1) is 23.2 Å². The molecule has 3 N–H and O–H groups in total. The van der Waals surface area contributed by atoms with Gasteiger partial charge in [-0.05, 0) is 48.7 Å². The van der Waals surface area contributed by atoms with E-state index in [2.05, 4.69) is 5.32 Å². The number of benzene rings is 2. The molecule has 3 rings (SSSR count). The number of rotatable bonds is 4. The molecule has 1 unspecified atom stereocenters. The fourth-order valence-electron chi connectivity index (χ4n) is 3.31. The minimum Gasteiger partial charge on any atom is -0.358 e. The van der Waals surface area contributed by atoms with Crippen molar-refractivity contribution < 1.29 is 18.0 Å². The summed E-state index contributed by atoms with van der Waals surface area (Å²) in [6, 6.07) is 10.5. The monoisotopic (exact) mass is 491 g/mol. The van der Waals surface area contributed by atoms with Crippen LogP contribution in [-0.4, -0.2) is 5.78 Å². The maximum absolute atomic E-state index is 13.0. The van der Waals surface area contributed by atoms with Gasteiger partial charge in [-0.15, -0.1) is 24.8 Å². The number of ketones is 1. The number of halogens is 6. The summed E-state index contributed by atoms with van der Waals surface area (Å²) in [6.45, 7) is 0. The molecule has 0 heterocycles. The van der Waals surface area contributed by atoms with Crippen molar-refractivity contribution in [2.24, 2.45) is 5.73 Å². The Labute approximate surface area is 195 Å². The van der Waals surface area contributed by atoms with Crippen LogP contribution in [0.5, 0.6) is 0 Å². The highest BCUT2D eigenvalue weighted by Gasteiger charge is 2.31. The van der Waals surface area contributed by atoms with E-state index in [1.165, 1.54) is 18.2 Å². The third-order valence-corrected chi connectivity index (χ3v) is 5.04. The van der Waals surface area contributed by atoms with Gasteiger partial charge in [0.1, 0.15) is 0 Å². The van der Waals surface area contributed by atoms with Crippen molar-refractivity contribution in [2.75, 3.05) is 5.32 Å². The zero-order valence-electron chi connectivity index (χ0n) is 16.0. The highest BCUT2D eigenvalue weighted by Crippen LogP contribution is 2.36. The normalized spacial score (nSPS) is 14.8. The molecule has 4 nitrogen and oxygen atoms in total. The standard InChI is InChI=1S/C21H17ClF3N3O.2ClH/c22-16-9-12(11-26)7-8-15(16)20(27)19-17(5-2-6-18(19)29)28-14-4-1-3-13(10-14)21(23,24)25;;/h1,3-4,7-10,20,28H,2,5-6,27H2;2*1H. The van der Waals surface area contributed by atoms with Crippen LogP contribution in [0.3, 0.4) is 0 Å². The molecule has 0 saturated heterocycles. The lowest BCUT2D eigenvalue weighted by atomic mass is 9.86. The van der Waals surface area contributed by atoms with Crippen LogP contribution >= 0.6 is 36.4 Å². The summed E-state index contributed by atoms with van der Waals surface area (Å²) in [5, 5.41) is 12.2. The minimum atomic E-state index is -4.47. The lowest BCUT2D eigenvalue weighted by molar-refractivity contribution is -0.137. The Balaban J connectivity index is 0.00000240. The average molecular weight is 493 g/mol. The molecule has 0 bridgehead atoms. The van der Waals surface area contributed by atoms with Gasteiger partial charge in [-0.3, -0.25) is 4.79 Å². The van der Waals surface area contributed by atoms with Crippen LogP contribution in [0.2, 0.25) is 5.02 Å². The van der Waals surface area contributed by atoms with Crippen LogP contribution in [0.25, 0.3) is 0 Å². The molecule has 0 fully saturated rings. The second-order valence-electron chi connectivity index (χ2n) is 6.70. The number of nitrogens with one attached hydrogen (secondary N) is 1. The van der Waals surface area contributed by atoms with Crippen LogP contribution in [0.15, 0.2) is 53.7 Å². The quantitative estimate of drug-likeness (QED) is 0.533. The molecule has 1 atom stereocenters. The maximum atomic E-state index is 13.0. The van der Waals surface area contributed by atoms with E-state index >= 15 is 0 Å². The average Bonchev–Trinajstić information content (AvgIpc) is 2.67. The summed E-state index contributed by atoms with van der Waals surface area (Å²) in [6.07, 6.45) is -3.13. The molecule has 10 heteroatoms. The Kier molecular flexibility index (Phi) is 9.40. The topological polar surface area (TPSA) is 78.9 Å². The van der Waals surface area contributed by atoms with Crippen molar-refractivity contribution in [3.63, 3.8) is 0 Å². The summed E-state index contributed by atoms with van der Waals surface area (Å²) in [7, 11) is 0. The number of anilines is 1. The molecule has 0 spiro atoms. The molecule has 2 aromatic carbocycles. The molecule has 1 aliphatic rings. The lowest BCUT2D eigenvalue weighted by Gasteiger charge is -2.26. The molecule has 0 aliphatic heterocycles. The highest BCUT2D eigenvalue weighted by atomic mass is 35.5. The van der Waals surface area contributed by atoms with Gasteiger partial charge in [-0.1, -0.05) is 23.7 Å². The molecule has 166 valence electrons. The van der Waals surface area contributed by atoms with E-state index in [1.54, 1.807) is 12.1 Å². The van der Waals surface area contributed by atoms with Crippen molar-refractivity contribution in [1.29, 1.82) is 5.26 Å². The fraction of sp³-hybridized carbons (Fsp3) is 0.238. The molecular weight excluding hydrogens is 474 g/mol. The number of nitriles is 1. The van der Waals surface area contributed by atoms with Crippen LogP contribution in [0.1, 0.15) is 42.0 Å². The van der Waals surface area contributed by atoms with E-state index in [0.29, 0.717) is 41.7 Å². The van der Waals surface area contributed by atoms with E-state index in [9.17, 15) is 18.0 Å². The molecule has 0 saturated carbocycles. The number of allylic oxidation sites excluding steroid dienone is 1. The number of carbonyl (C=O) groups is 1. The smallest absolute Gasteiger partial charge is 0.358 e. The Morgan fingerprint density at radius 2 is 1.84 bits per heavy atom. The van der Waals surface area contributed by atoms with E-state index in [0.717, 1.165) is 12.1 Å². The number of alkyl halides is 3. The highest BCUT2D eigenvalue weighted by molar-refractivity contribution is 6.31. The summed E-state index contributed by atoms with van der Waals surface area (Å²) >= 11 is 6.24. The fourth-order valence-corrected chi connectivity index (χ4v) is 3.60. The molecule has 1 aliphatic carbocycles. The molecule has 0 radical (unpaired) electrons. The van der Waals surface area contributed by atoms with Gasteiger partial charge in [-0.25, -0.2) is 0 Å². The predicted octanol–water partition coefficient (Wildman–Crippen LogP) is 6.19. The number of nitrogens with zero attached hydrogens (tertiary/aromatic N) is 1. The van der Waals surface area contributed by atoms with Gasteiger partial charge in [-0.2, -0.15) is 18.4 Å². The largest absolute Gasteiger partial charge is 0.416 e. The molecule has 2 aromatic rings. The first-order valence-corrected chi connectivity index (χ1v) is 9.24. The SMILES string of the molecule is Cl.Cl.N#Cc1ccc(C(N)C2=C(Nc3cccc(C(F)(F)F)c3)CCCC2=O)c(Cl)c1. The van der Waals surface area contributed by atoms with E-state index in [4.69, 9.17) is 22.6 Å². The van der Waals surface area contributed by atoms with Crippen molar-refractivity contribution in [3.05, 3.63) is 75.4 Å². The molecule has 31 heavy (non-hydrogen) atoms. The Hall–Kier alpha value is -2.24. The van der Waals surface area contributed by atoms with E-state index in [-0.39, 0.29) is 41.3 Å². The molecular formula is C21H19Cl3F3N3O. The summed E-state index contributed by atoms with van der Waals surface area (Å²) in [5.41, 5.74) is 7.37. The first kappa shape index (κ1) is 26.8. The van der Waals surface area contributed by atoms with Gasteiger partial charge in [0, 0.05) is 28.4 Å². The Morgan fingerprint density at radius 3 is 2.45 bits per heavy atom. The van der Waals surface area contributed by atoms with Crippen LogP contribution in [-0.2, 0) is 11.0 Å². The third kappa shape index (κ3) is 6.14. The van der Waals surface area contributed by atoms with Crippen molar-refractivity contribution >= 4 is 47.9 Å². The van der Waals surface area contributed by atoms with Gasteiger partial charge < -0.3 is 11.1 Å². The van der Waals surface area contributed by atoms with Gasteiger partial charge >= 0.3 is 6.18 Å². The minimum absolute atomic E-state index is 0. The summed E-state index contributed by atoms with van der Waals surface area (Å²) in [4.78, 5) is 12.6. The van der Waals surface area contributed by atoms with Crippen molar-refractivity contribution in [3.8, 4) is 6.07 Å². The van der Waals surface area contributed by atoms with Gasteiger partial charge in [0.15, 0.2) is 5.78 Å². The summed E-state index contributed by atoms with van der Waals surface area (Å²) < 4.78 is 39.0. The predicted molar refractivity (Wildman–Crippen MR) is 119 cm³/mol. The number of carbonyl (C=O) groups excluding carboxylic acids is 1. The Morgan fingerprint density at radius 1 is 1.13 bits per heavy atom. The van der Waals surface area contributed by atoms with Crippen molar-refractivity contribution in [2.45, 2.75) is 31.5 Å². The van der Waals surface area contributed by atoms with Gasteiger partial charge in [0.2, 0.25) is 0 Å². The maximum Gasteiger partial charge on any atom is 0.416 e. The van der Waals surface area contributed by atoms with E-state index in [1.807, 2.05) is 6.07 Å². The number of hydrogen-bond acceptors (Lipinski definition) is 4. The first-order valence-electron chi connectivity index (χ1n) is 8.86. The second-order valence-corrected chi connectivity index (χ2v) is 7.11. The number of Topliss-reactive ketones (excluding diaryl/α,β-unsaturated/α-hetero) is 1. The molecule has 0 amide bonds. The number of nitrogens with two attached hydrogens (primary N) is 1. The Bertz CT molecular complexity index is 1030. The molecule has 0 aromatic heterocycles. The lowest BCUT2D eigenvalue weighted by Crippen LogP contribution is -2.26. The zero-order chi connectivity index (χ0) is 21.2.